The zero-order valence-electron chi connectivity index (χ0n) is 17.3. The van der Waals surface area contributed by atoms with Crippen molar-refractivity contribution in [3.63, 3.8) is 0 Å². The summed E-state index contributed by atoms with van der Waals surface area (Å²) in [6, 6.07) is 18.9. The van der Waals surface area contributed by atoms with Gasteiger partial charge >= 0.3 is 0 Å². The van der Waals surface area contributed by atoms with Crippen LogP contribution in [0.3, 0.4) is 0 Å². The number of hydrogen-bond acceptors (Lipinski definition) is 3. The van der Waals surface area contributed by atoms with E-state index in [0.29, 0.717) is 0 Å². The molecule has 2 aromatic rings. The fraction of sp³-hybridized carbons (Fsp3) is 0.348. The van der Waals surface area contributed by atoms with E-state index in [9.17, 15) is 13.2 Å². The molecular formula is C23H30N2O3S. The van der Waals surface area contributed by atoms with Crippen molar-refractivity contribution in [1.82, 2.24) is 10.0 Å². The maximum Gasteiger partial charge on any atom is 0.233 e. The number of nitrogens with one attached hydrogen (secondary N) is 2. The Kier molecular flexibility index (Phi) is 8.17. The summed E-state index contributed by atoms with van der Waals surface area (Å²) in [5, 5.41) is 4.16. The Labute approximate surface area is 174 Å². The maximum absolute atomic E-state index is 12.4. The van der Waals surface area contributed by atoms with Crippen molar-refractivity contribution in [3.05, 3.63) is 77.2 Å². The Hall–Kier alpha value is -2.44. The summed E-state index contributed by atoms with van der Waals surface area (Å²) in [5.41, 5.74) is 1.88. The predicted molar refractivity (Wildman–Crippen MR) is 118 cm³/mol. The molecule has 0 spiro atoms. The SMILES string of the molecule is CC(C)(C)CC(NC(=O)CCNS(=O)(=O)/C=C/c1ccccc1)c1ccccc1. The third-order valence-electron chi connectivity index (χ3n) is 4.25. The van der Waals surface area contributed by atoms with Crippen LogP contribution in [0.1, 0.15) is 50.8 Å². The van der Waals surface area contributed by atoms with Crippen molar-refractivity contribution in [2.75, 3.05) is 6.54 Å². The number of carbonyl (C=O) groups is 1. The quantitative estimate of drug-likeness (QED) is 0.644. The summed E-state index contributed by atoms with van der Waals surface area (Å²) in [7, 11) is -3.60. The molecule has 156 valence electrons. The van der Waals surface area contributed by atoms with Gasteiger partial charge in [-0.05, 0) is 29.0 Å². The number of hydrogen-bond donors (Lipinski definition) is 2. The van der Waals surface area contributed by atoms with Gasteiger partial charge in [0.2, 0.25) is 15.9 Å². The van der Waals surface area contributed by atoms with Crippen molar-refractivity contribution < 1.29 is 13.2 Å². The molecule has 1 atom stereocenters. The van der Waals surface area contributed by atoms with E-state index < -0.39 is 10.0 Å². The van der Waals surface area contributed by atoms with Crippen LogP contribution >= 0.6 is 0 Å². The van der Waals surface area contributed by atoms with Crippen LogP contribution in [0.25, 0.3) is 6.08 Å². The Morgan fingerprint density at radius 1 is 1.00 bits per heavy atom. The summed E-state index contributed by atoms with van der Waals surface area (Å²) >= 11 is 0. The van der Waals surface area contributed by atoms with E-state index in [4.69, 9.17) is 0 Å². The average Bonchev–Trinajstić information content (AvgIpc) is 2.66. The second-order valence-corrected chi connectivity index (χ2v) is 9.85. The summed E-state index contributed by atoms with van der Waals surface area (Å²) in [6.45, 7) is 6.43. The predicted octanol–water partition coefficient (Wildman–Crippen LogP) is 4.26. The van der Waals surface area contributed by atoms with Crippen molar-refractivity contribution in [1.29, 1.82) is 0 Å². The van der Waals surface area contributed by atoms with Crippen LogP contribution in [0.5, 0.6) is 0 Å². The zero-order valence-corrected chi connectivity index (χ0v) is 18.1. The molecule has 2 N–H and O–H groups in total. The molecule has 0 bridgehead atoms. The molecule has 0 radical (unpaired) electrons. The van der Waals surface area contributed by atoms with Gasteiger partial charge in [0.05, 0.1) is 6.04 Å². The van der Waals surface area contributed by atoms with Crippen LogP contribution < -0.4 is 10.0 Å². The first-order valence-electron chi connectivity index (χ1n) is 9.72. The smallest absolute Gasteiger partial charge is 0.233 e. The molecule has 1 amide bonds. The first-order chi connectivity index (χ1) is 13.6. The monoisotopic (exact) mass is 414 g/mol. The molecule has 0 aliphatic carbocycles. The molecule has 0 saturated carbocycles. The lowest BCUT2D eigenvalue weighted by atomic mass is 9.85. The largest absolute Gasteiger partial charge is 0.349 e. The van der Waals surface area contributed by atoms with Gasteiger partial charge in [-0.3, -0.25) is 4.79 Å². The summed E-state index contributed by atoms with van der Waals surface area (Å²) in [6.07, 6.45) is 2.39. The standard InChI is InChI=1S/C23H30N2O3S/c1-23(2,3)18-21(20-12-8-5-9-13-20)25-22(26)14-16-24-29(27,28)17-15-19-10-6-4-7-11-19/h4-13,15,17,21,24H,14,16,18H2,1-3H3,(H,25,26)/b17-15+. The number of amides is 1. The Balaban J connectivity index is 1.89. The second-order valence-electron chi connectivity index (χ2n) is 8.20. The first kappa shape index (κ1) is 22.8. The van der Waals surface area contributed by atoms with Gasteiger partial charge in [0, 0.05) is 18.4 Å². The summed E-state index contributed by atoms with van der Waals surface area (Å²) < 4.78 is 26.6. The molecule has 1 unspecified atom stereocenters. The second kappa shape index (κ2) is 10.4. The van der Waals surface area contributed by atoms with Gasteiger partial charge in [-0.25, -0.2) is 13.1 Å². The molecule has 2 rings (SSSR count). The van der Waals surface area contributed by atoms with Crippen LogP contribution in [0.15, 0.2) is 66.1 Å². The Morgan fingerprint density at radius 3 is 2.17 bits per heavy atom. The summed E-state index contributed by atoms with van der Waals surface area (Å²) in [4.78, 5) is 12.4. The van der Waals surface area contributed by atoms with Gasteiger partial charge in [0.15, 0.2) is 0 Å². The molecule has 0 aliphatic rings. The average molecular weight is 415 g/mol. The van der Waals surface area contributed by atoms with Gasteiger partial charge in [-0.2, -0.15) is 0 Å². The van der Waals surface area contributed by atoms with Crippen LogP contribution in [0, 0.1) is 5.41 Å². The van der Waals surface area contributed by atoms with Gasteiger partial charge in [-0.1, -0.05) is 81.4 Å². The minimum Gasteiger partial charge on any atom is -0.349 e. The van der Waals surface area contributed by atoms with Crippen molar-refractivity contribution >= 4 is 22.0 Å². The van der Waals surface area contributed by atoms with Crippen LogP contribution in [-0.2, 0) is 14.8 Å². The van der Waals surface area contributed by atoms with Crippen molar-refractivity contribution in [2.45, 2.75) is 39.7 Å². The Bertz CT molecular complexity index is 902. The lowest BCUT2D eigenvalue weighted by molar-refractivity contribution is -0.121. The highest BCUT2D eigenvalue weighted by Gasteiger charge is 2.22. The van der Waals surface area contributed by atoms with Gasteiger partial charge in [0.1, 0.15) is 0 Å². The van der Waals surface area contributed by atoms with Crippen LogP contribution in [0.2, 0.25) is 0 Å². The van der Waals surface area contributed by atoms with E-state index in [1.54, 1.807) is 0 Å². The highest BCUT2D eigenvalue weighted by Crippen LogP contribution is 2.29. The molecular weight excluding hydrogens is 384 g/mol. The van der Waals surface area contributed by atoms with Gasteiger partial charge < -0.3 is 5.32 Å². The third kappa shape index (κ3) is 9.07. The molecule has 0 heterocycles. The van der Waals surface area contributed by atoms with E-state index in [0.717, 1.165) is 23.0 Å². The molecule has 0 aromatic heterocycles. The topological polar surface area (TPSA) is 75.3 Å². The van der Waals surface area contributed by atoms with E-state index in [1.165, 1.54) is 6.08 Å². The summed E-state index contributed by atoms with van der Waals surface area (Å²) in [5.74, 6) is -0.183. The van der Waals surface area contributed by atoms with E-state index in [1.807, 2.05) is 60.7 Å². The molecule has 0 saturated heterocycles. The number of carbonyl (C=O) groups excluding carboxylic acids is 1. The van der Waals surface area contributed by atoms with E-state index in [-0.39, 0.29) is 30.3 Å². The highest BCUT2D eigenvalue weighted by atomic mass is 32.2. The van der Waals surface area contributed by atoms with Crippen LogP contribution in [-0.4, -0.2) is 20.9 Å². The number of benzene rings is 2. The normalized spacial score (nSPS) is 13.3. The van der Waals surface area contributed by atoms with E-state index >= 15 is 0 Å². The minimum absolute atomic E-state index is 0.0393. The molecule has 5 nitrogen and oxygen atoms in total. The third-order valence-corrected chi connectivity index (χ3v) is 5.35. The first-order valence-corrected chi connectivity index (χ1v) is 11.3. The minimum atomic E-state index is -3.60. The lowest BCUT2D eigenvalue weighted by Gasteiger charge is -2.27. The molecule has 29 heavy (non-hydrogen) atoms. The number of sulfonamides is 1. The highest BCUT2D eigenvalue weighted by molar-refractivity contribution is 7.92. The van der Waals surface area contributed by atoms with Crippen LogP contribution in [0.4, 0.5) is 0 Å². The maximum atomic E-state index is 12.4. The Morgan fingerprint density at radius 2 is 1.59 bits per heavy atom. The number of rotatable bonds is 9. The van der Waals surface area contributed by atoms with E-state index in [2.05, 4.69) is 30.8 Å². The van der Waals surface area contributed by atoms with Crippen molar-refractivity contribution in [2.24, 2.45) is 5.41 Å². The lowest BCUT2D eigenvalue weighted by Crippen LogP contribution is -2.34. The fourth-order valence-electron chi connectivity index (χ4n) is 2.90. The van der Waals surface area contributed by atoms with Crippen molar-refractivity contribution in [3.8, 4) is 0 Å². The molecule has 0 fully saturated rings. The fourth-order valence-corrected chi connectivity index (χ4v) is 3.72. The molecule has 6 heteroatoms. The molecule has 0 aliphatic heterocycles. The van der Waals surface area contributed by atoms with Gasteiger partial charge in [-0.15, -0.1) is 0 Å². The zero-order chi connectivity index (χ0) is 21.3. The van der Waals surface area contributed by atoms with Gasteiger partial charge in [0.25, 0.3) is 0 Å². The molecule has 2 aromatic carbocycles.